The number of carbonyl (C=O) groups is 2. The third-order valence-electron chi connectivity index (χ3n) is 5.66. The van der Waals surface area contributed by atoms with Crippen LogP contribution in [0.25, 0.3) is 0 Å². The first-order valence-corrected chi connectivity index (χ1v) is 9.39. The summed E-state index contributed by atoms with van der Waals surface area (Å²) in [7, 11) is 0. The van der Waals surface area contributed by atoms with E-state index in [0.29, 0.717) is 19.0 Å². The fraction of sp³-hybridized carbons (Fsp3) is 0.600. The van der Waals surface area contributed by atoms with Gasteiger partial charge in [-0.05, 0) is 57.2 Å². The molecule has 2 amide bonds. The van der Waals surface area contributed by atoms with Crippen LogP contribution in [-0.2, 0) is 16.1 Å². The Morgan fingerprint density at radius 1 is 1.16 bits per heavy atom. The summed E-state index contributed by atoms with van der Waals surface area (Å²) in [6.45, 7) is 4.84. The number of carbonyl (C=O) groups excluding carboxylic acids is 2. The van der Waals surface area contributed by atoms with Gasteiger partial charge in [-0.1, -0.05) is 30.3 Å². The predicted octanol–water partition coefficient (Wildman–Crippen LogP) is 2.01. The van der Waals surface area contributed by atoms with Crippen molar-refractivity contribution in [3.63, 3.8) is 0 Å². The molecule has 25 heavy (non-hydrogen) atoms. The van der Waals surface area contributed by atoms with E-state index in [2.05, 4.69) is 24.0 Å². The van der Waals surface area contributed by atoms with Crippen LogP contribution in [0.4, 0.5) is 0 Å². The summed E-state index contributed by atoms with van der Waals surface area (Å²) in [5.74, 6) is 0.602. The number of nitrogens with two attached hydrogens (primary N) is 1. The van der Waals surface area contributed by atoms with Gasteiger partial charge in [-0.15, -0.1) is 0 Å². The van der Waals surface area contributed by atoms with E-state index in [4.69, 9.17) is 5.73 Å². The smallest absolute Gasteiger partial charge is 0.237 e. The van der Waals surface area contributed by atoms with E-state index in [-0.39, 0.29) is 23.8 Å². The van der Waals surface area contributed by atoms with Crippen molar-refractivity contribution in [3.05, 3.63) is 35.9 Å². The fourth-order valence-corrected chi connectivity index (χ4v) is 3.73. The average molecular weight is 343 g/mol. The molecule has 5 nitrogen and oxygen atoms in total. The summed E-state index contributed by atoms with van der Waals surface area (Å²) < 4.78 is 0. The van der Waals surface area contributed by atoms with Crippen molar-refractivity contribution < 1.29 is 9.59 Å². The van der Waals surface area contributed by atoms with Crippen molar-refractivity contribution in [1.82, 2.24) is 9.80 Å². The number of benzene rings is 1. The largest absolute Gasteiger partial charge is 0.369 e. The molecule has 1 aromatic carbocycles. The van der Waals surface area contributed by atoms with E-state index in [1.54, 1.807) is 0 Å². The van der Waals surface area contributed by atoms with Crippen molar-refractivity contribution in [3.8, 4) is 0 Å². The second-order valence-corrected chi connectivity index (χ2v) is 7.54. The van der Waals surface area contributed by atoms with Gasteiger partial charge in [0.15, 0.2) is 0 Å². The Balaban J connectivity index is 1.60. The standard InChI is InChI=1S/C20H29N3O2/c1-15(17-7-8-17)23(13-16-5-3-2-4-6-16)19(24)14-22-11-9-18(10-12-22)20(21)25/h2-6,15,17-18H,7-14H2,1H3,(H2,21,25)/t15-/m0/s1. The number of hydrogen-bond donors (Lipinski definition) is 1. The summed E-state index contributed by atoms with van der Waals surface area (Å²) in [6, 6.07) is 10.5. The summed E-state index contributed by atoms with van der Waals surface area (Å²) in [4.78, 5) is 28.5. The van der Waals surface area contributed by atoms with Gasteiger partial charge < -0.3 is 10.6 Å². The maximum atomic E-state index is 13.0. The van der Waals surface area contributed by atoms with Gasteiger partial charge in [0.2, 0.25) is 11.8 Å². The normalized spacial score (nSPS) is 20.2. The molecule has 0 unspecified atom stereocenters. The van der Waals surface area contributed by atoms with E-state index >= 15 is 0 Å². The third kappa shape index (κ3) is 4.82. The number of nitrogens with zero attached hydrogens (tertiary/aromatic N) is 2. The number of amides is 2. The number of rotatable bonds is 7. The maximum absolute atomic E-state index is 13.0. The fourth-order valence-electron chi connectivity index (χ4n) is 3.73. The highest BCUT2D eigenvalue weighted by molar-refractivity contribution is 5.79. The lowest BCUT2D eigenvalue weighted by Crippen LogP contribution is -2.47. The Kier molecular flexibility index (Phi) is 5.74. The molecule has 0 aromatic heterocycles. The number of primary amides is 1. The summed E-state index contributed by atoms with van der Waals surface area (Å²) in [6.07, 6.45) is 3.98. The highest BCUT2D eigenvalue weighted by Crippen LogP contribution is 2.35. The van der Waals surface area contributed by atoms with E-state index in [1.807, 2.05) is 23.1 Å². The van der Waals surface area contributed by atoms with Gasteiger partial charge in [0.25, 0.3) is 0 Å². The molecule has 0 bridgehead atoms. The van der Waals surface area contributed by atoms with Gasteiger partial charge in [-0.3, -0.25) is 14.5 Å². The Labute approximate surface area is 150 Å². The van der Waals surface area contributed by atoms with Gasteiger partial charge >= 0.3 is 0 Å². The molecule has 5 heteroatoms. The Bertz CT molecular complexity index is 592. The minimum absolute atomic E-state index is 0.0304. The highest BCUT2D eigenvalue weighted by atomic mass is 16.2. The Hall–Kier alpha value is -1.88. The zero-order chi connectivity index (χ0) is 17.8. The molecule has 0 spiro atoms. The molecule has 1 saturated carbocycles. The van der Waals surface area contributed by atoms with Crippen LogP contribution < -0.4 is 5.73 Å². The second kappa shape index (κ2) is 8.00. The lowest BCUT2D eigenvalue weighted by Gasteiger charge is -2.34. The van der Waals surface area contributed by atoms with Gasteiger partial charge in [0.05, 0.1) is 6.54 Å². The summed E-state index contributed by atoms with van der Waals surface area (Å²) in [5, 5.41) is 0. The first-order chi connectivity index (χ1) is 12.0. The summed E-state index contributed by atoms with van der Waals surface area (Å²) in [5.41, 5.74) is 6.57. The van der Waals surface area contributed by atoms with Crippen LogP contribution in [0.3, 0.4) is 0 Å². The molecular weight excluding hydrogens is 314 g/mol. The molecule has 2 N–H and O–H groups in total. The van der Waals surface area contributed by atoms with E-state index < -0.39 is 0 Å². The van der Waals surface area contributed by atoms with Crippen LogP contribution in [0.1, 0.15) is 38.2 Å². The number of piperidine rings is 1. The van der Waals surface area contributed by atoms with Crippen LogP contribution in [0, 0.1) is 11.8 Å². The van der Waals surface area contributed by atoms with Crippen LogP contribution in [-0.4, -0.2) is 47.3 Å². The Morgan fingerprint density at radius 2 is 1.80 bits per heavy atom. The maximum Gasteiger partial charge on any atom is 0.237 e. The van der Waals surface area contributed by atoms with Gasteiger partial charge in [0, 0.05) is 18.5 Å². The van der Waals surface area contributed by atoms with Crippen LogP contribution >= 0.6 is 0 Å². The molecule has 1 atom stereocenters. The zero-order valence-corrected chi connectivity index (χ0v) is 15.1. The molecule has 2 aliphatic rings. The molecule has 1 saturated heterocycles. The first-order valence-electron chi connectivity index (χ1n) is 9.39. The minimum Gasteiger partial charge on any atom is -0.369 e. The Morgan fingerprint density at radius 3 is 2.36 bits per heavy atom. The molecule has 1 aliphatic carbocycles. The lowest BCUT2D eigenvalue weighted by molar-refractivity contribution is -0.136. The van der Waals surface area contributed by atoms with Gasteiger partial charge in [-0.2, -0.15) is 0 Å². The first kappa shape index (κ1) is 17.9. The van der Waals surface area contributed by atoms with Crippen LogP contribution in [0.5, 0.6) is 0 Å². The molecule has 1 aliphatic heterocycles. The molecule has 1 heterocycles. The van der Waals surface area contributed by atoms with Crippen molar-refractivity contribution >= 4 is 11.8 Å². The molecule has 1 aromatic rings. The molecule has 3 rings (SSSR count). The predicted molar refractivity (Wildman–Crippen MR) is 97.5 cm³/mol. The number of likely N-dealkylation sites (tertiary alicyclic amines) is 1. The topological polar surface area (TPSA) is 66.6 Å². The van der Waals surface area contributed by atoms with Crippen molar-refractivity contribution in [2.24, 2.45) is 17.6 Å². The average Bonchev–Trinajstić information content (AvgIpc) is 3.45. The molecular formula is C20H29N3O2. The van der Waals surface area contributed by atoms with Crippen molar-refractivity contribution in [2.45, 2.75) is 45.2 Å². The second-order valence-electron chi connectivity index (χ2n) is 7.54. The van der Waals surface area contributed by atoms with Gasteiger partial charge in [-0.25, -0.2) is 0 Å². The quantitative estimate of drug-likeness (QED) is 0.823. The lowest BCUT2D eigenvalue weighted by atomic mass is 9.96. The SMILES string of the molecule is C[C@@H](C1CC1)N(Cc1ccccc1)C(=O)CN1CCC(C(N)=O)CC1. The minimum atomic E-state index is -0.209. The van der Waals surface area contributed by atoms with Crippen molar-refractivity contribution in [1.29, 1.82) is 0 Å². The molecule has 2 fully saturated rings. The van der Waals surface area contributed by atoms with Crippen LogP contribution in [0.15, 0.2) is 30.3 Å². The van der Waals surface area contributed by atoms with Gasteiger partial charge in [0.1, 0.15) is 0 Å². The van der Waals surface area contributed by atoms with E-state index in [1.165, 1.54) is 18.4 Å². The molecule has 0 radical (unpaired) electrons. The highest BCUT2D eigenvalue weighted by Gasteiger charge is 2.35. The summed E-state index contributed by atoms with van der Waals surface area (Å²) >= 11 is 0. The molecule has 136 valence electrons. The van der Waals surface area contributed by atoms with E-state index in [9.17, 15) is 9.59 Å². The number of hydrogen-bond acceptors (Lipinski definition) is 3. The van der Waals surface area contributed by atoms with Crippen LogP contribution in [0.2, 0.25) is 0 Å². The third-order valence-corrected chi connectivity index (χ3v) is 5.66. The zero-order valence-electron chi connectivity index (χ0n) is 15.1. The van der Waals surface area contributed by atoms with E-state index in [0.717, 1.165) is 25.9 Å². The monoisotopic (exact) mass is 343 g/mol. The van der Waals surface area contributed by atoms with Crippen molar-refractivity contribution in [2.75, 3.05) is 19.6 Å².